The van der Waals surface area contributed by atoms with Crippen LogP contribution in [0.15, 0.2) is 0 Å². The van der Waals surface area contributed by atoms with Crippen LogP contribution in [0.4, 0.5) is 0 Å². The summed E-state index contributed by atoms with van der Waals surface area (Å²) in [5, 5.41) is 32.5. The van der Waals surface area contributed by atoms with Gasteiger partial charge in [0.15, 0.2) is 12.2 Å². The topological polar surface area (TPSA) is 115 Å². The second-order valence-electron chi connectivity index (χ2n) is 1.57. The molecule has 0 aliphatic carbocycles. The molecule has 0 saturated carbocycles. The molecule has 0 amide bonds. The Kier molecular flexibility index (Phi) is 13.0. The van der Waals surface area contributed by atoms with Crippen molar-refractivity contribution < 1.29 is 82.8 Å². The number of hydrogen-bond donors (Lipinski definition) is 4. The van der Waals surface area contributed by atoms with E-state index in [-0.39, 0.29) is 65.2 Å². The Morgan fingerprint density at radius 3 is 1.25 bits per heavy atom. The molecule has 0 aromatic carbocycles. The maximum absolute atomic E-state index is 9.77. The molecule has 12 heavy (non-hydrogen) atoms. The molecule has 0 radical (unpaired) electrons. The Labute approximate surface area is 118 Å². The third-order valence-electron chi connectivity index (χ3n) is 0.805. The first-order chi connectivity index (χ1) is 4.46. The summed E-state index contributed by atoms with van der Waals surface area (Å²) in [4.78, 5) is 19.5. The summed E-state index contributed by atoms with van der Waals surface area (Å²) in [5.41, 5.74) is 0. The van der Waals surface area contributed by atoms with Gasteiger partial charge in [0.25, 0.3) is 0 Å². The van der Waals surface area contributed by atoms with Crippen LogP contribution in [0.2, 0.25) is 0 Å². The van der Waals surface area contributed by atoms with Crippen LogP contribution in [0.5, 0.6) is 0 Å². The van der Waals surface area contributed by atoms with E-state index in [0.717, 1.165) is 0 Å². The number of carboxylic acids is 2. The van der Waals surface area contributed by atoms with E-state index in [1.807, 2.05) is 0 Å². The molecule has 0 bridgehead atoms. The number of carboxylic acid groups (broad SMARTS) is 2. The van der Waals surface area contributed by atoms with Crippen LogP contribution >= 0.6 is 12.4 Å². The first-order valence-corrected chi connectivity index (χ1v) is 2.28. The average molecular weight is 227 g/mol. The van der Waals surface area contributed by atoms with Crippen LogP contribution in [-0.4, -0.2) is 44.6 Å². The Balaban J connectivity index is -0.000000135. The molecule has 0 aromatic heterocycles. The van der Waals surface area contributed by atoms with Gasteiger partial charge in [0, 0.05) is 0 Å². The number of rotatable bonds is 3. The fourth-order valence-electron chi connectivity index (χ4n) is 0.270. The smallest absolute Gasteiger partial charge is 1.00 e. The van der Waals surface area contributed by atoms with Gasteiger partial charge in [-0.05, 0) is 0 Å². The number of aliphatic hydroxyl groups excluding tert-OH is 2. The molecule has 0 heterocycles. The molecule has 2 atom stereocenters. The zero-order valence-corrected chi connectivity index (χ0v) is 10.1. The first-order valence-electron chi connectivity index (χ1n) is 2.28. The van der Waals surface area contributed by atoms with Crippen molar-refractivity contribution >= 4 is 24.3 Å². The fourth-order valence-corrected chi connectivity index (χ4v) is 0.270. The molecule has 0 aromatic rings. The van der Waals surface area contributed by atoms with Gasteiger partial charge in [-0.1, -0.05) is 0 Å². The van der Waals surface area contributed by atoms with Crippen LogP contribution in [-0.2, 0) is 9.59 Å². The second-order valence-corrected chi connectivity index (χ2v) is 1.57. The van der Waals surface area contributed by atoms with Crippen molar-refractivity contribution in [3.63, 3.8) is 0 Å². The van der Waals surface area contributed by atoms with Gasteiger partial charge < -0.3 is 21.9 Å². The minimum Gasteiger partial charge on any atom is -1.00 e. The van der Waals surface area contributed by atoms with Crippen molar-refractivity contribution in [3.05, 3.63) is 0 Å². The molecule has 6 nitrogen and oxygen atoms in total. The van der Waals surface area contributed by atoms with Gasteiger partial charge in [-0.25, -0.2) is 9.59 Å². The fraction of sp³-hybridized carbons (Fsp3) is 0.500. The van der Waals surface area contributed by atoms with Crippen molar-refractivity contribution in [2.45, 2.75) is 12.2 Å². The number of hydrogen-bond acceptors (Lipinski definition) is 4. The molecule has 0 saturated heterocycles. The van der Waals surface area contributed by atoms with Gasteiger partial charge in [0.05, 0.1) is 0 Å². The third kappa shape index (κ3) is 6.32. The molecule has 2 unspecified atom stereocenters. The zero-order valence-electron chi connectivity index (χ0n) is 7.17. The van der Waals surface area contributed by atoms with Crippen molar-refractivity contribution in [2.24, 2.45) is 0 Å². The normalized spacial score (nSPS) is 13.2. The van der Waals surface area contributed by atoms with Gasteiger partial charge in [0.2, 0.25) is 0 Å². The number of aliphatic carboxylic acids is 2. The maximum Gasteiger partial charge on any atom is 1.00 e. The molecule has 0 fully saturated rings. The molecule has 0 rings (SSSR count). The van der Waals surface area contributed by atoms with Gasteiger partial charge in [-0.2, -0.15) is 0 Å². The van der Waals surface area contributed by atoms with Crippen LogP contribution in [0.1, 0.15) is 1.43 Å². The summed E-state index contributed by atoms with van der Waals surface area (Å²) < 4.78 is 0. The Bertz CT molecular complexity index is 149. The summed E-state index contributed by atoms with van der Waals surface area (Å²) in [6, 6.07) is 0. The van der Waals surface area contributed by atoms with Crippen molar-refractivity contribution in [3.8, 4) is 0 Å². The number of carbonyl (C=O) groups is 2. The van der Waals surface area contributed by atoms with E-state index in [4.69, 9.17) is 20.4 Å². The molecule has 0 spiro atoms. The zero-order chi connectivity index (χ0) is 8.31. The molecule has 68 valence electrons. The van der Waals surface area contributed by atoms with Gasteiger partial charge in [-0.15, -0.1) is 12.4 Å². The quantitative estimate of drug-likeness (QED) is 0.360. The van der Waals surface area contributed by atoms with Gasteiger partial charge in [-0.3, -0.25) is 0 Å². The minimum absolute atomic E-state index is 0. The van der Waals surface area contributed by atoms with Crippen LogP contribution < -0.4 is 51.4 Å². The van der Waals surface area contributed by atoms with E-state index in [1.54, 1.807) is 0 Å². The number of halogens is 1. The minimum atomic E-state index is -2.27. The van der Waals surface area contributed by atoms with E-state index in [2.05, 4.69) is 0 Å². The van der Waals surface area contributed by atoms with Crippen molar-refractivity contribution in [1.82, 2.24) is 0 Å². The SMILES string of the molecule is Cl.O=C(O)C(O)C(O)C(=O)O.[H-].[K+]. The average Bonchev–Trinajstić information content (AvgIpc) is 1.84. The Morgan fingerprint density at radius 1 is 1.00 bits per heavy atom. The standard InChI is InChI=1S/C4H6O6.ClH.K.H/c5-1(3(7)8)2(6)4(9)10;;;/h1-2,5-6H,(H,7,8)(H,9,10);1H;;/q;;+1;-1. The van der Waals surface area contributed by atoms with Crippen molar-refractivity contribution in [1.29, 1.82) is 0 Å². The van der Waals surface area contributed by atoms with E-state index >= 15 is 0 Å². The summed E-state index contributed by atoms with van der Waals surface area (Å²) >= 11 is 0. The summed E-state index contributed by atoms with van der Waals surface area (Å²) in [6.07, 6.45) is -4.53. The van der Waals surface area contributed by atoms with E-state index in [9.17, 15) is 9.59 Å². The van der Waals surface area contributed by atoms with Crippen LogP contribution in [0.3, 0.4) is 0 Å². The second kappa shape index (κ2) is 8.39. The largest absolute Gasteiger partial charge is 1.00 e. The van der Waals surface area contributed by atoms with E-state index in [1.165, 1.54) is 0 Å². The predicted octanol–water partition coefficient (Wildman–Crippen LogP) is -4.58. The van der Waals surface area contributed by atoms with Crippen molar-refractivity contribution in [2.75, 3.05) is 0 Å². The summed E-state index contributed by atoms with van der Waals surface area (Å²) in [5.74, 6) is -3.54. The molecular formula is C4H8ClKO6. The van der Waals surface area contributed by atoms with E-state index in [0.29, 0.717) is 0 Å². The Hall–Kier alpha value is 0.786. The number of aliphatic hydroxyl groups is 2. The van der Waals surface area contributed by atoms with Gasteiger partial charge in [0.1, 0.15) is 0 Å². The first kappa shape index (κ1) is 18.5. The summed E-state index contributed by atoms with van der Waals surface area (Å²) in [7, 11) is 0. The molecule has 0 aliphatic heterocycles. The molecular weight excluding hydrogens is 219 g/mol. The molecule has 8 heteroatoms. The Morgan fingerprint density at radius 2 is 1.17 bits per heavy atom. The maximum atomic E-state index is 9.77. The predicted molar refractivity (Wildman–Crippen MR) is 35.6 cm³/mol. The monoisotopic (exact) mass is 226 g/mol. The molecule has 4 N–H and O–H groups in total. The van der Waals surface area contributed by atoms with Crippen LogP contribution in [0.25, 0.3) is 0 Å². The third-order valence-corrected chi connectivity index (χ3v) is 0.805. The summed E-state index contributed by atoms with van der Waals surface area (Å²) in [6.45, 7) is 0. The molecule has 0 aliphatic rings. The van der Waals surface area contributed by atoms with Crippen LogP contribution in [0, 0.1) is 0 Å². The van der Waals surface area contributed by atoms with Gasteiger partial charge >= 0.3 is 63.3 Å². The van der Waals surface area contributed by atoms with E-state index < -0.39 is 24.1 Å².